The van der Waals surface area contributed by atoms with Gasteiger partial charge >= 0.3 is 0 Å². The second-order valence-electron chi connectivity index (χ2n) is 6.17. The summed E-state index contributed by atoms with van der Waals surface area (Å²) in [5.41, 5.74) is 1.20. The Morgan fingerprint density at radius 3 is 2.67 bits per heavy atom. The van der Waals surface area contributed by atoms with Crippen LogP contribution in [0.15, 0.2) is 40.6 Å². The maximum Gasteiger partial charge on any atom is 0.168 e. The molecule has 0 saturated heterocycles. The van der Waals surface area contributed by atoms with Gasteiger partial charge in [0.25, 0.3) is 0 Å². The van der Waals surface area contributed by atoms with E-state index in [2.05, 4.69) is 4.99 Å². The number of Topliss-reactive ketones (excluding diaryl/α,β-unsaturated/α-hetero) is 2. The van der Waals surface area contributed by atoms with Crippen LogP contribution in [0.2, 0.25) is 0 Å². The van der Waals surface area contributed by atoms with E-state index in [9.17, 15) is 14.7 Å². The topological polar surface area (TPSA) is 66.7 Å². The molecule has 1 aromatic rings. The van der Waals surface area contributed by atoms with Crippen LogP contribution < -0.4 is 0 Å². The number of carbonyl (C=O) groups is 2. The molecule has 0 saturated carbocycles. The Bertz CT molecular complexity index is 654. The van der Waals surface area contributed by atoms with Gasteiger partial charge in [-0.1, -0.05) is 26.0 Å². The van der Waals surface area contributed by atoms with Crippen LogP contribution in [0.5, 0.6) is 0 Å². The summed E-state index contributed by atoms with van der Waals surface area (Å²) in [6.45, 7) is 5.39. The van der Waals surface area contributed by atoms with E-state index in [0.717, 1.165) is 0 Å². The van der Waals surface area contributed by atoms with Gasteiger partial charge in [-0.3, -0.25) is 14.6 Å². The maximum atomic E-state index is 12.1. The quantitative estimate of drug-likeness (QED) is 0.678. The minimum Gasteiger partial charge on any atom is -0.511 e. The fraction of sp³-hybridized carbons (Fsp3) is 0.353. The lowest BCUT2D eigenvalue weighted by atomic mass is 9.77. The molecule has 0 atom stereocenters. The molecule has 0 aliphatic heterocycles. The smallest absolute Gasteiger partial charge is 0.168 e. The minimum absolute atomic E-state index is 0.0374. The normalized spacial score (nSPS) is 18.3. The highest BCUT2D eigenvalue weighted by Crippen LogP contribution is 2.35. The summed E-state index contributed by atoms with van der Waals surface area (Å²) in [7, 11) is 0. The van der Waals surface area contributed by atoms with Crippen molar-refractivity contribution < 1.29 is 14.7 Å². The Hall–Kier alpha value is -2.23. The third kappa shape index (κ3) is 3.66. The number of carbonyl (C=O) groups excluding carboxylic acids is 2. The second-order valence-corrected chi connectivity index (χ2v) is 6.17. The number of rotatable bonds is 3. The van der Waals surface area contributed by atoms with Crippen LogP contribution in [0, 0.1) is 5.41 Å². The van der Waals surface area contributed by atoms with E-state index in [1.54, 1.807) is 24.3 Å². The van der Waals surface area contributed by atoms with Crippen molar-refractivity contribution in [3.8, 4) is 0 Å². The first-order valence-electron chi connectivity index (χ1n) is 6.89. The Kier molecular flexibility index (Phi) is 4.07. The number of aliphatic hydroxyl groups excluding tert-OH is 1. The summed E-state index contributed by atoms with van der Waals surface area (Å²) in [6.07, 6.45) is 2.26. The summed E-state index contributed by atoms with van der Waals surface area (Å²) in [5, 5.41) is 10.0. The van der Waals surface area contributed by atoms with Crippen molar-refractivity contribution in [1.82, 2.24) is 0 Å². The zero-order valence-electron chi connectivity index (χ0n) is 12.5. The number of ketones is 2. The summed E-state index contributed by atoms with van der Waals surface area (Å²) in [5.74, 6) is -0.0532. The van der Waals surface area contributed by atoms with Crippen LogP contribution in [-0.2, 0) is 4.79 Å². The minimum atomic E-state index is -0.215. The predicted octanol–water partition coefficient (Wildman–Crippen LogP) is 3.79. The number of aliphatic imine (C=N–C) groups is 1. The molecule has 1 aliphatic rings. The van der Waals surface area contributed by atoms with Crippen LogP contribution in [-0.4, -0.2) is 22.9 Å². The van der Waals surface area contributed by atoms with Crippen molar-refractivity contribution >= 4 is 23.5 Å². The number of benzene rings is 1. The van der Waals surface area contributed by atoms with E-state index >= 15 is 0 Å². The van der Waals surface area contributed by atoms with Crippen molar-refractivity contribution in [3.63, 3.8) is 0 Å². The first-order valence-corrected chi connectivity index (χ1v) is 6.89. The molecule has 0 heterocycles. The number of hydrogen-bond donors (Lipinski definition) is 1. The molecule has 1 aromatic carbocycles. The van der Waals surface area contributed by atoms with Crippen molar-refractivity contribution in [2.75, 3.05) is 0 Å². The maximum absolute atomic E-state index is 12.1. The first-order chi connectivity index (χ1) is 9.78. The van der Waals surface area contributed by atoms with Gasteiger partial charge in [-0.2, -0.15) is 0 Å². The molecule has 0 amide bonds. The zero-order chi connectivity index (χ0) is 15.6. The van der Waals surface area contributed by atoms with Gasteiger partial charge in [0.15, 0.2) is 11.6 Å². The SMILES string of the molecule is CC(=O)c1cccc(N=CC2=C(O)CC(C)(C)CC2=O)c1. The molecule has 21 heavy (non-hydrogen) atoms. The van der Waals surface area contributed by atoms with E-state index in [4.69, 9.17) is 0 Å². The molecule has 0 fully saturated rings. The Labute approximate surface area is 124 Å². The van der Waals surface area contributed by atoms with E-state index < -0.39 is 0 Å². The molecule has 4 nitrogen and oxygen atoms in total. The fourth-order valence-electron chi connectivity index (χ4n) is 2.39. The van der Waals surface area contributed by atoms with Crippen LogP contribution in [0.4, 0.5) is 5.69 Å². The number of hydrogen-bond acceptors (Lipinski definition) is 4. The summed E-state index contributed by atoms with van der Waals surface area (Å²) in [6, 6.07) is 6.86. The molecule has 1 aliphatic carbocycles. The number of nitrogens with zero attached hydrogens (tertiary/aromatic N) is 1. The molecule has 0 aromatic heterocycles. The van der Waals surface area contributed by atoms with Crippen molar-refractivity contribution in [2.24, 2.45) is 10.4 Å². The first kappa shape index (κ1) is 15.2. The van der Waals surface area contributed by atoms with Crippen LogP contribution >= 0.6 is 0 Å². The van der Waals surface area contributed by atoms with Crippen molar-refractivity contribution in [1.29, 1.82) is 0 Å². The largest absolute Gasteiger partial charge is 0.511 e. The summed E-state index contributed by atoms with van der Waals surface area (Å²) >= 11 is 0. The van der Waals surface area contributed by atoms with E-state index in [1.165, 1.54) is 13.1 Å². The molecular formula is C17H19NO3. The highest BCUT2D eigenvalue weighted by Gasteiger charge is 2.32. The molecule has 4 heteroatoms. The van der Waals surface area contributed by atoms with Gasteiger partial charge in [0.2, 0.25) is 0 Å². The average molecular weight is 285 g/mol. The molecule has 0 bridgehead atoms. The molecule has 2 rings (SSSR count). The molecule has 0 radical (unpaired) electrons. The third-order valence-electron chi connectivity index (χ3n) is 3.49. The van der Waals surface area contributed by atoms with Crippen LogP contribution in [0.1, 0.15) is 44.0 Å². The monoisotopic (exact) mass is 285 g/mol. The molecule has 1 N–H and O–H groups in total. The molecule has 0 unspecified atom stereocenters. The fourth-order valence-corrected chi connectivity index (χ4v) is 2.39. The standard InChI is InChI=1S/C17H19NO3/c1-11(19)12-5-4-6-13(7-12)18-10-14-15(20)8-17(2,3)9-16(14)21/h4-7,10,20H,8-9H2,1-3H3. The van der Waals surface area contributed by atoms with Gasteiger partial charge in [-0.05, 0) is 24.5 Å². The third-order valence-corrected chi connectivity index (χ3v) is 3.49. The second kappa shape index (κ2) is 5.64. The van der Waals surface area contributed by atoms with E-state index in [1.807, 2.05) is 13.8 Å². The predicted molar refractivity (Wildman–Crippen MR) is 82.3 cm³/mol. The Morgan fingerprint density at radius 2 is 2.05 bits per heavy atom. The Morgan fingerprint density at radius 1 is 1.33 bits per heavy atom. The van der Waals surface area contributed by atoms with E-state index in [-0.39, 0.29) is 28.3 Å². The van der Waals surface area contributed by atoms with Gasteiger partial charge in [-0.25, -0.2) is 0 Å². The molecule has 0 spiro atoms. The van der Waals surface area contributed by atoms with Gasteiger partial charge in [-0.15, -0.1) is 0 Å². The van der Waals surface area contributed by atoms with Gasteiger partial charge in [0.1, 0.15) is 5.76 Å². The highest BCUT2D eigenvalue weighted by molar-refractivity contribution is 6.15. The van der Waals surface area contributed by atoms with Gasteiger partial charge in [0.05, 0.1) is 11.3 Å². The lowest BCUT2D eigenvalue weighted by Gasteiger charge is -2.28. The average Bonchev–Trinajstić information content (AvgIpc) is 2.36. The summed E-state index contributed by atoms with van der Waals surface area (Å²) < 4.78 is 0. The van der Waals surface area contributed by atoms with Crippen LogP contribution in [0.3, 0.4) is 0 Å². The van der Waals surface area contributed by atoms with Crippen LogP contribution in [0.25, 0.3) is 0 Å². The van der Waals surface area contributed by atoms with Gasteiger partial charge < -0.3 is 5.11 Å². The highest BCUT2D eigenvalue weighted by atomic mass is 16.3. The molecule has 110 valence electrons. The van der Waals surface area contributed by atoms with Gasteiger partial charge in [0, 0.05) is 24.6 Å². The number of aliphatic hydroxyl groups is 1. The van der Waals surface area contributed by atoms with Crippen molar-refractivity contribution in [2.45, 2.75) is 33.6 Å². The Balaban J connectivity index is 2.27. The molecular weight excluding hydrogens is 266 g/mol. The lowest BCUT2D eigenvalue weighted by molar-refractivity contribution is -0.117. The number of allylic oxidation sites excluding steroid dienone is 2. The lowest BCUT2D eigenvalue weighted by Crippen LogP contribution is -2.26. The summed E-state index contributed by atoms with van der Waals surface area (Å²) in [4.78, 5) is 27.6. The van der Waals surface area contributed by atoms with E-state index in [0.29, 0.717) is 24.1 Å². The zero-order valence-corrected chi connectivity index (χ0v) is 12.5. The van der Waals surface area contributed by atoms with Crippen molar-refractivity contribution in [3.05, 3.63) is 41.2 Å².